The molecule has 0 bridgehead atoms. The van der Waals surface area contributed by atoms with Gasteiger partial charge in [-0.1, -0.05) is 74.0 Å². The number of para-hydroxylation sites is 2. The highest BCUT2D eigenvalue weighted by atomic mass is 35.7. The summed E-state index contributed by atoms with van der Waals surface area (Å²) in [4.78, 5) is 15.2. The van der Waals surface area contributed by atoms with E-state index in [1.165, 1.54) is 41.0 Å². The fraction of sp³-hybridized carbons (Fsp3) is 0.389. The molecular formula is C36H42Cl2N2O6. The molecule has 0 fully saturated rings. The first kappa shape index (κ1) is 35.6. The first-order chi connectivity index (χ1) is 21.6. The summed E-state index contributed by atoms with van der Waals surface area (Å²) in [7, 11) is -3.48. The summed E-state index contributed by atoms with van der Waals surface area (Å²) in [6.45, 7) is 15.2. The molecule has 1 unspecified atom stereocenters. The van der Waals surface area contributed by atoms with Gasteiger partial charge < -0.3 is 9.64 Å². The van der Waals surface area contributed by atoms with Gasteiger partial charge in [-0.25, -0.2) is 18.6 Å². The molecule has 1 aliphatic carbocycles. The number of allylic oxidation sites excluding steroid dienone is 8. The number of hydrogen-bond donors (Lipinski definition) is 0. The van der Waals surface area contributed by atoms with Crippen molar-refractivity contribution in [2.45, 2.75) is 65.2 Å². The van der Waals surface area contributed by atoms with Crippen molar-refractivity contribution < 1.29 is 43.0 Å². The minimum absolute atomic E-state index is 0.137. The second-order valence-corrected chi connectivity index (χ2v) is 13.7. The van der Waals surface area contributed by atoms with Crippen LogP contribution < -0.4 is 23.5 Å². The van der Waals surface area contributed by atoms with Gasteiger partial charge in [0.1, 0.15) is 6.54 Å². The highest BCUT2D eigenvalue weighted by molar-refractivity contribution is 6.32. The lowest BCUT2D eigenvalue weighted by molar-refractivity contribution is -2.00. The molecule has 0 aromatic heterocycles. The number of anilines is 1. The number of hydrogen-bond acceptors (Lipinski definition) is 7. The summed E-state index contributed by atoms with van der Waals surface area (Å²) in [6.07, 6.45) is 9.76. The molecule has 2 aromatic rings. The van der Waals surface area contributed by atoms with E-state index in [1.807, 2.05) is 0 Å². The van der Waals surface area contributed by atoms with Gasteiger partial charge in [-0.15, -0.1) is 10.2 Å². The summed E-state index contributed by atoms with van der Waals surface area (Å²) in [5.41, 5.74) is 9.28. The van der Waals surface area contributed by atoms with Crippen molar-refractivity contribution in [2.24, 2.45) is 5.92 Å². The number of esters is 1. The van der Waals surface area contributed by atoms with Gasteiger partial charge in [-0.3, -0.25) is 4.79 Å². The molecule has 2 aromatic carbocycles. The number of benzene rings is 2. The third-order valence-electron chi connectivity index (χ3n) is 9.15. The van der Waals surface area contributed by atoms with Gasteiger partial charge in [-0.05, 0) is 69.4 Å². The summed E-state index contributed by atoms with van der Waals surface area (Å²) >= 11 is 7.14. The Hall–Kier alpha value is -3.24. The van der Waals surface area contributed by atoms with E-state index in [4.69, 9.17) is 35.0 Å². The van der Waals surface area contributed by atoms with Gasteiger partial charge in [-0.2, -0.15) is 4.58 Å². The highest BCUT2D eigenvalue weighted by Crippen LogP contribution is 2.48. The zero-order chi connectivity index (χ0) is 34.0. The van der Waals surface area contributed by atoms with Crippen molar-refractivity contribution in [3.05, 3.63) is 106 Å². The quantitative estimate of drug-likeness (QED) is 0.340. The van der Waals surface area contributed by atoms with Gasteiger partial charge in [0.2, 0.25) is 5.69 Å². The van der Waals surface area contributed by atoms with Gasteiger partial charge in [0.25, 0.3) is 0 Å². The predicted octanol–water partition coefficient (Wildman–Crippen LogP) is 3.59. The number of carbonyl (C=O) groups excluding carboxylic acids is 1. The molecule has 0 saturated heterocycles. The molecule has 0 amide bonds. The number of carbonyl (C=O) groups is 1. The fourth-order valence-electron chi connectivity index (χ4n) is 6.93. The maximum Gasteiger partial charge on any atom is 0.309 e. The largest absolute Gasteiger partial charge is 0.469 e. The van der Waals surface area contributed by atoms with Crippen LogP contribution in [-0.2, 0) is 20.4 Å². The van der Waals surface area contributed by atoms with Gasteiger partial charge in [0.15, 0.2) is 5.71 Å². The standard InChI is InChI=1S/C36H42ClN2O2.ClHO4/c1-8-38-29-16-12-10-14-27(29)35(3,4)31(38)20-18-24-22-26(34(40)41-7)23-25(33(24)37)19-21-32-36(5,6)28-15-11-13-17-30(28)39(32)9-2;2-1(3,4)5/h10-21,26H,8-9,22-23H2,1-7H3;(H,2,3,4,5)/q+1;/p-1. The van der Waals surface area contributed by atoms with Crippen molar-refractivity contribution in [2.75, 3.05) is 25.1 Å². The van der Waals surface area contributed by atoms with Crippen molar-refractivity contribution in [3.63, 3.8) is 0 Å². The molecular weight excluding hydrogens is 627 g/mol. The molecule has 2 aliphatic heterocycles. The number of nitrogens with zero attached hydrogens (tertiary/aromatic N) is 2. The van der Waals surface area contributed by atoms with E-state index in [0.29, 0.717) is 12.8 Å². The number of halogens is 2. The zero-order valence-corrected chi connectivity index (χ0v) is 28.9. The third-order valence-corrected chi connectivity index (χ3v) is 9.63. The van der Waals surface area contributed by atoms with Crippen LogP contribution in [0.2, 0.25) is 0 Å². The van der Waals surface area contributed by atoms with Crippen molar-refractivity contribution in [3.8, 4) is 0 Å². The number of fused-ring (bicyclic) bond motifs is 2. The Morgan fingerprint density at radius 1 is 0.957 bits per heavy atom. The Morgan fingerprint density at radius 2 is 1.57 bits per heavy atom. The Kier molecular flexibility index (Phi) is 10.7. The summed E-state index contributed by atoms with van der Waals surface area (Å²) in [5.74, 6) is -0.470. The second kappa shape index (κ2) is 13.9. The average molecular weight is 670 g/mol. The van der Waals surface area contributed by atoms with Crippen molar-refractivity contribution >= 4 is 34.7 Å². The Bertz CT molecular complexity index is 1640. The van der Waals surface area contributed by atoms with E-state index in [2.05, 4.69) is 124 Å². The minimum Gasteiger partial charge on any atom is -0.469 e. The summed E-state index contributed by atoms with van der Waals surface area (Å²) in [6, 6.07) is 17.2. The smallest absolute Gasteiger partial charge is 0.309 e. The maximum atomic E-state index is 12.8. The van der Waals surface area contributed by atoms with Gasteiger partial charge in [0.05, 0.1) is 18.4 Å². The van der Waals surface area contributed by atoms with Crippen LogP contribution in [0.4, 0.5) is 11.4 Å². The second-order valence-electron chi connectivity index (χ2n) is 12.6. The molecule has 0 N–H and O–H groups in total. The molecule has 2 heterocycles. The first-order valence-corrected chi connectivity index (χ1v) is 17.0. The molecule has 8 nitrogen and oxygen atoms in total. The van der Waals surface area contributed by atoms with Crippen LogP contribution in [0, 0.1) is 16.2 Å². The van der Waals surface area contributed by atoms with Gasteiger partial charge in [0, 0.05) is 46.1 Å². The van der Waals surface area contributed by atoms with Crippen LogP contribution in [-0.4, -0.2) is 36.5 Å². The van der Waals surface area contributed by atoms with Crippen LogP contribution in [0.15, 0.2) is 94.7 Å². The molecule has 0 saturated carbocycles. The van der Waals surface area contributed by atoms with Crippen LogP contribution in [0.25, 0.3) is 0 Å². The average Bonchev–Trinajstić information content (AvgIpc) is 3.36. The first-order valence-electron chi connectivity index (χ1n) is 15.4. The lowest BCUT2D eigenvalue weighted by Crippen LogP contribution is -2.68. The monoisotopic (exact) mass is 668 g/mol. The lowest BCUT2D eigenvalue weighted by Gasteiger charge is -2.27. The normalized spacial score (nSPS) is 21.9. The van der Waals surface area contributed by atoms with E-state index < -0.39 is 10.2 Å². The van der Waals surface area contributed by atoms with Crippen LogP contribution in [0.3, 0.4) is 0 Å². The lowest BCUT2D eigenvalue weighted by atomic mass is 9.80. The van der Waals surface area contributed by atoms with E-state index in [0.717, 1.165) is 29.3 Å². The van der Waals surface area contributed by atoms with E-state index in [1.54, 1.807) is 0 Å². The van der Waals surface area contributed by atoms with Crippen LogP contribution >= 0.6 is 11.6 Å². The highest BCUT2D eigenvalue weighted by Gasteiger charge is 2.44. The molecule has 46 heavy (non-hydrogen) atoms. The van der Waals surface area contributed by atoms with Crippen molar-refractivity contribution in [1.82, 2.24) is 0 Å². The molecule has 1 atom stereocenters. The molecule has 10 heteroatoms. The van der Waals surface area contributed by atoms with E-state index >= 15 is 0 Å². The Morgan fingerprint density at radius 3 is 2.17 bits per heavy atom. The Balaban J connectivity index is 0.000000892. The van der Waals surface area contributed by atoms with Crippen LogP contribution in [0.1, 0.15) is 65.5 Å². The number of ether oxygens (including phenoxy) is 1. The number of methoxy groups -OCH3 is 1. The number of rotatable bonds is 6. The summed E-state index contributed by atoms with van der Waals surface area (Å²) in [5, 5.41) is 0.728. The van der Waals surface area contributed by atoms with E-state index in [9.17, 15) is 4.79 Å². The molecule has 5 rings (SSSR count). The number of likely N-dealkylation sites (N-methyl/N-ethyl adjacent to an activating group) is 1. The minimum atomic E-state index is -4.94. The van der Waals surface area contributed by atoms with Crippen molar-refractivity contribution in [1.29, 1.82) is 0 Å². The predicted molar refractivity (Wildman–Crippen MR) is 170 cm³/mol. The summed E-state index contributed by atoms with van der Waals surface area (Å²) < 4.78 is 41.6. The maximum absolute atomic E-state index is 12.8. The zero-order valence-electron chi connectivity index (χ0n) is 27.4. The molecule has 0 spiro atoms. The molecule has 3 aliphatic rings. The van der Waals surface area contributed by atoms with Gasteiger partial charge >= 0.3 is 5.97 Å². The third kappa shape index (κ3) is 7.18. The SMILES string of the molecule is CCN1/C(=C/C=C2\CC(C(=O)OC)CC(/C=C/C3=[N+](CC)c4ccccc4C3(C)C)=C2Cl)C(C)(C)c2ccccc21.[O-][Cl+3]([O-])([O-])[O-]. The fourth-order valence-corrected chi connectivity index (χ4v) is 7.21. The topological polar surface area (TPSA) is 125 Å². The van der Waals surface area contributed by atoms with E-state index in [-0.39, 0.29) is 22.7 Å². The Labute approximate surface area is 279 Å². The molecule has 0 radical (unpaired) electrons. The van der Waals surface area contributed by atoms with Crippen LogP contribution in [0.5, 0.6) is 0 Å². The molecule has 246 valence electrons.